The van der Waals surface area contributed by atoms with Gasteiger partial charge in [0.05, 0.1) is 19.8 Å². The molecule has 18 heavy (non-hydrogen) atoms. The fourth-order valence-electron chi connectivity index (χ4n) is 1.83. The summed E-state index contributed by atoms with van der Waals surface area (Å²) in [5, 5.41) is 4.11. The van der Waals surface area contributed by atoms with Crippen LogP contribution >= 0.6 is 11.6 Å². The van der Waals surface area contributed by atoms with E-state index in [4.69, 9.17) is 21.1 Å². The van der Waals surface area contributed by atoms with Crippen molar-refractivity contribution < 1.29 is 9.47 Å². The van der Waals surface area contributed by atoms with Gasteiger partial charge in [-0.15, -0.1) is 0 Å². The van der Waals surface area contributed by atoms with Gasteiger partial charge in [-0.1, -0.05) is 25.4 Å². The molecule has 3 nitrogen and oxygen atoms in total. The fraction of sp³-hybridized carbons (Fsp3) is 0.571. The topological polar surface area (TPSA) is 30.5 Å². The van der Waals surface area contributed by atoms with Crippen LogP contribution in [0.4, 0.5) is 0 Å². The van der Waals surface area contributed by atoms with Crippen LogP contribution in [-0.4, -0.2) is 26.9 Å². The van der Waals surface area contributed by atoms with Crippen molar-refractivity contribution in [1.82, 2.24) is 5.32 Å². The highest BCUT2D eigenvalue weighted by Gasteiger charge is 2.15. The van der Waals surface area contributed by atoms with E-state index in [1.807, 2.05) is 18.2 Å². The summed E-state index contributed by atoms with van der Waals surface area (Å²) in [7, 11) is 1.67. The predicted octanol–water partition coefficient (Wildman–Crippen LogP) is 3.43. The molecule has 1 atom stereocenters. The normalized spacial score (nSPS) is 12.4. The van der Waals surface area contributed by atoms with E-state index < -0.39 is 0 Å². The summed E-state index contributed by atoms with van der Waals surface area (Å²) in [5.74, 6) is 0.838. The summed E-state index contributed by atoms with van der Waals surface area (Å²) >= 11 is 6.06. The van der Waals surface area contributed by atoms with Gasteiger partial charge in [-0.05, 0) is 31.2 Å². The molecule has 0 bridgehead atoms. The van der Waals surface area contributed by atoms with Gasteiger partial charge in [0.15, 0.2) is 0 Å². The SMILES string of the molecule is CCCOCC(NCC)c1cc(Cl)ccc1OC. The van der Waals surface area contributed by atoms with Crippen LogP contribution in [0.5, 0.6) is 5.75 Å². The van der Waals surface area contributed by atoms with Crippen molar-refractivity contribution in [3.63, 3.8) is 0 Å². The number of methoxy groups -OCH3 is 1. The molecule has 4 heteroatoms. The van der Waals surface area contributed by atoms with E-state index in [1.54, 1.807) is 7.11 Å². The van der Waals surface area contributed by atoms with Crippen molar-refractivity contribution in [2.24, 2.45) is 0 Å². The molecule has 0 spiro atoms. The van der Waals surface area contributed by atoms with Crippen molar-refractivity contribution in [2.75, 3.05) is 26.9 Å². The summed E-state index contributed by atoms with van der Waals surface area (Å²) in [5.41, 5.74) is 1.04. The molecule has 0 radical (unpaired) electrons. The van der Waals surface area contributed by atoms with Crippen LogP contribution in [0.25, 0.3) is 0 Å². The van der Waals surface area contributed by atoms with Crippen molar-refractivity contribution in [2.45, 2.75) is 26.3 Å². The van der Waals surface area contributed by atoms with E-state index in [2.05, 4.69) is 19.2 Å². The van der Waals surface area contributed by atoms with Gasteiger partial charge in [-0.2, -0.15) is 0 Å². The Bertz CT molecular complexity index is 358. The van der Waals surface area contributed by atoms with Crippen LogP contribution < -0.4 is 10.1 Å². The smallest absolute Gasteiger partial charge is 0.123 e. The number of benzene rings is 1. The Labute approximate surface area is 114 Å². The van der Waals surface area contributed by atoms with E-state index in [1.165, 1.54) is 0 Å². The Morgan fingerprint density at radius 2 is 2.11 bits per heavy atom. The van der Waals surface area contributed by atoms with Crippen LogP contribution in [-0.2, 0) is 4.74 Å². The van der Waals surface area contributed by atoms with Gasteiger partial charge in [0, 0.05) is 17.2 Å². The largest absolute Gasteiger partial charge is 0.496 e. The second-order valence-corrected chi connectivity index (χ2v) is 4.51. The molecule has 102 valence electrons. The molecule has 0 aromatic heterocycles. The number of hydrogen-bond donors (Lipinski definition) is 1. The van der Waals surface area contributed by atoms with Gasteiger partial charge in [-0.3, -0.25) is 0 Å². The minimum Gasteiger partial charge on any atom is -0.496 e. The summed E-state index contributed by atoms with van der Waals surface area (Å²) < 4.78 is 11.0. The fourth-order valence-corrected chi connectivity index (χ4v) is 2.01. The zero-order chi connectivity index (χ0) is 13.4. The van der Waals surface area contributed by atoms with E-state index in [-0.39, 0.29) is 6.04 Å². The molecule has 0 saturated heterocycles. The summed E-state index contributed by atoms with van der Waals surface area (Å²) in [6.07, 6.45) is 1.02. The van der Waals surface area contributed by atoms with Crippen molar-refractivity contribution in [1.29, 1.82) is 0 Å². The highest BCUT2D eigenvalue weighted by molar-refractivity contribution is 6.30. The molecular weight excluding hydrogens is 250 g/mol. The van der Waals surface area contributed by atoms with Gasteiger partial charge in [-0.25, -0.2) is 0 Å². The monoisotopic (exact) mass is 271 g/mol. The highest BCUT2D eigenvalue weighted by atomic mass is 35.5. The lowest BCUT2D eigenvalue weighted by molar-refractivity contribution is 0.111. The summed E-state index contributed by atoms with van der Waals surface area (Å²) in [6.45, 7) is 6.44. The van der Waals surface area contributed by atoms with Crippen LogP contribution in [0.3, 0.4) is 0 Å². The average Bonchev–Trinajstić information content (AvgIpc) is 2.38. The standard InChI is InChI=1S/C14H22ClNO2/c1-4-8-18-10-13(16-5-2)12-9-11(15)6-7-14(12)17-3/h6-7,9,13,16H,4-5,8,10H2,1-3H3. The third-order valence-corrected chi connectivity index (χ3v) is 2.89. The van der Waals surface area contributed by atoms with Gasteiger partial charge >= 0.3 is 0 Å². The van der Waals surface area contributed by atoms with Crippen LogP contribution in [0.1, 0.15) is 31.9 Å². The molecule has 0 aliphatic heterocycles. The molecule has 1 N–H and O–H groups in total. The maximum atomic E-state index is 6.06. The first-order chi connectivity index (χ1) is 8.72. The van der Waals surface area contributed by atoms with Gasteiger partial charge < -0.3 is 14.8 Å². The van der Waals surface area contributed by atoms with Gasteiger partial charge in [0.1, 0.15) is 5.75 Å². The second kappa shape index (κ2) is 8.35. The highest BCUT2D eigenvalue weighted by Crippen LogP contribution is 2.28. The van der Waals surface area contributed by atoms with Crippen molar-refractivity contribution in [3.8, 4) is 5.75 Å². The number of hydrogen-bond acceptors (Lipinski definition) is 3. The minimum absolute atomic E-state index is 0.107. The van der Waals surface area contributed by atoms with Crippen molar-refractivity contribution in [3.05, 3.63) is 28.8 Å². The quantitative estimate of drug-likeness (QED) is 0.735. The molecule has 0 saturated carbocycles. The number of nitrogens with one attached hydrogen (secondary N) is 1. The Morgan fingerprint density at radius 3 is 2.72 bits per heavy atom. The first-order valence-corrected chi connectivity index (χ1v) is 6.75. The molecule has 0 amide bonds. The Kier molecular flexibility index (Phi) is 7.09. The van der Waals surface area contributed by atoms with Crippen LogP contribution in [0.15, 0.2) is 18.2 Å². The van der Waals surface area contributed by atoms with E-state index in [0.29, 0.717) is 11.6 Å². The first-order valence-electron chi connectivity index (χ1n) is 6.37. The lowest BCUT2D eigenvalue weighted by Gasteiger charge is -2.21. The summed E-state index contributed by atoms with van der Waals surface area (Å²) in [6, 6.07) is 5.76. The molecule has 1 aromatic rings. The summed E-state index contributed by atoms with van der Waals surface area (Å²) in [4.78, 5) is 0. The molecular formula is C14H22ClNO2. The van der Waals surface area contributed by atoms with E-state index in [0.717, 1.165) is 30.9 Å². The number of rotatable bonds is 8. The number of likely N-dealkylation sites (N-methyl/N-ethyl adjacent to an activating group) is 1. The molecule has 0 fully saturated rings. The Balaban J connectivity index is 2.85. The average molecular weight is 272 g/mol. The Morgan fingerprint density at radius 1 is 1.33 bits per heavy atom. The number of ether oxygens (including phenoxy) is 2. The maximum absolute atomic E-state index is 6.06. The minimum atomic E-state index is 0.107. The third kappa shape index (κ3) is 4.48. The zero-order valence-electron chi connectivity index (χ0n) is 11.3. The lowest BCUT2D eigenvalue weighted by Crippen LogP contribution is -2.26. The molecule has 1 aromatic carbocycles. The molecule has 1 rings (SSSR count). The predicted molar refractivity (Wildman–Crippen MR) is 75.5 cm³/mol. The maximum Gasteiger partial charge on any atom is 0.123 e. The zero-order valence-corrected chi connectivity index (χ0v) is 12.1. The number of halogens is 1. The molecule has 0 aliphatic carbocycles. The molecule has 0 heterocycles. The van der Waals surface area contributed by atoms with E-state index >= 15 is 0 Å². The molecule has 0 aliphatic rings. The van der Waals surface area contributed by atoms with Crippen LogP contribution in [0, 0.1) is 0 Å². The first kappa shape index (κ1) is 15.3. The Hall–Kier alpha value is -0.770. The second-order valence-electron chi connectivity index (χ2n) is 4.07. The van der Waals surface area contributed by atoms with Crippen molar-refractivity contribution >= 4 is 11.6 Å². The van der Waals surface area contributed by atoms with E-state index in [9.17, 15) is 0 Å². The third-order valence-electron chi connectivity index (χ3n) is 2.65. The van der Waals surface area contributed by atoms with Crippen LogP contribution in [0.2, 0.25) is 5.02 Å². The lowest BCUT2D eigenvalue weighted by atomic mass is 10.1. The molecule has 1 unspecified atom stereocenters. The van der Waals surface area contributed by atoms with Gasteiger partial charge in [0.2, 0.25) is 0 Å². The van der Waals surface area contributed by atoms with Gasteiger partial charge in [0.25, 0.3) is 0 Å².